The topological polar surface area (TPSA) is 55.5 Å². The summed E-state index contributed by atoms with van der Waals surface area (Å²) in [4.78, 5) is 0. The van der Waals surface area contributed by atoms with Crippen molar-refractivity contribution in [2.45, 2.75) is 12.5 Å². The van der Waals surface area contributed by atoms with Gasteiger partial charge in [0.05, 0.1) is 17.7 Å². The molecule has 1 rings (SSSR count). The van der Waals surface area contributed by atoms with Crippen molar-refractivity contribution >= 4 is 15.9 Å². The quantitative estimate of drug-likeness (QED) is 0.885. The number of benzene rings is 1. The Morgan fingerprint density at radius 3 is 2.80 bits per heavy atom. The van der Waals surface area contributed by atoms with E-state index < -0.39 is 11.9 Å². The van der Waals surface area contributed by atoms with E-state index in [0.29, 0.717) is 28.8 Å². The fraction of sp³-hybridized carbons (Fsp3) is 0.400. The highest BCUT2D eigenvalue weighted by Gasteiger charge is 2.15. The van der Waals surface area contributed by atoms with Crippen LogP contribution in [0.25, 0.3) is 0 Å². The van der Waals surface area contributed by atoms with Crippen molar-refractivity contribution < 1.29 is 14.2 Å². The number of aliphatic hydroxyl groups is 1. The van der Waals surface area contributed by atoms with E-state index in [0.717, 1.165) is 0 Å². The van der Waals surface area contributed by atoms with Gasteiger partial charge in [-0.1, -0.05) is 0 Å². The van der Waals surface area contributed by atoms with E-state index in [4.69, 9.17) is 10.5 Å². The summed E-state index contributed by atoms with van der Waals surface area (Å²) in [5.41, 5.74) is 5.88. The molecule has 0 bridgehead atoms. The van der Waals surface area contributed by atoms with E-state index in [9.17, 15) is 9.50 Å². The fourth-order valence-electron chi connectivity index (χ4n) is 1.29. The van der Waals surface area contributed by atoms with Gasteiger partial charge >= 0.3 is 0 Å². The summed E-state index contributed by atoms with van der Waals surface area (Å²) in [6, 6.07) is 2.74. The molecule has 0 aromatic heterocycles. The third-order valence-electron chi connectivity index (χ3n) is 2.07. The molecule has 0 aliphatic carbocycles. The first-order chi connectivity index (χ1) is 7.10. The van der Waals surface area contributed by atoms with Gasteiger partial charge in [-0.25, -0.2) is 4.39 Å². The normalized spacial score (nSPS) is 12.6. The zero-order valence-corrected chi connectivity index (χ0v) is 9.92. The lowest BCUT2D eigenvalue weighted by molar-refractivity contribution is 0.166. The second-order valence-electron chi connectivity index (χ2n) is 3.10. The molecule has 1 aromatic rings. The number of aliphatic hydroxyl groups excluding tert-OH is 1. The summed E-state index contributed by atoms with van der Waals surface area (Å²) < 4.78 is 18.4. The molecule has 1 unspecified atom stereocenters. The maximum absolute atomic E-state index is 13.2. The van der Waals surface area contributed by atoms with Gasteiger partial charge in [0, 0.05) is 11.6 Å². The molecular formula is C10H13BrFNO2. The molecule has 0 radical (unpaired) electrons. The van der Waals surface area contributed by atoms with Crippen molar-refractivity contribution in [3.8, 4) is 5.75 Å². The van der Waals surface area contributed by atoms with Crippen LogP contribution in [0.1, 0.15) is 18.1 Å². The predicted octanol–water partition coefficient (Wildman–Crippen LogP) is 1.98. The number of halogens is 2. The van der Waals surface area contributed by atoms with Crippen LogP contribution in [0.5, 0.6) is 5.75 Å². The first-order valence-corrected chi connectivity index (χ1v) is 5.30. The summed E-state index contributed by atoms with van der Waals surface area (Å²) in [5, 5.41) is 9.74. The molecule has 84 valence electrons. The van der Waals surface area contributed by atoms with Gasteiger partial charge in [0.25, 0.3) is 0 Å². The zero-order chi connectivity index (χ0) is 11.4. The van der Waals surface area contributed by atoms with Gasteiger partial charge in [-0.3, -0.25) is 0 Å². The molecule has 15 heavy (non-hydrogen) atoms. The Kier molecular flexibility index (Phi) is 4.50. The molecule has 1 aromatic carbocycles. The molecule has 0 spiro atoms. The Morgan fingerprint density at radius 1 is 1.60 bits per heavy atom. The largest absolute Gasteiger partial charge is 0.496 e. The molecule has 0 amide bonds. The number of hydrogen-bond donors (Lipinski definition) is 2. The monoisotopic (exact) mass is 277 g/mol. The van der Waals surface area contributed by atoms with Crippen LogP contribution in [0.15, 0.2) is 16.6 Å². The van der Waals surface area contributed by atoms with Crippen LogP contribution in [0.2, 0.25) is 0 Å². The highest BCUT2D eigenvalue weighted by atomic mass is 79.9. The summed E-state index contributed by atoms with van der Waals surface area (Å²) in [5.74, 6) is -0.0906. The Hall–Kier alpha value is -0.650. The molecule has 5 heteroatoms. The molecule has 0 fully saturated rings. The van der Waals surface area contributed by atoms with E-state index in [1.165, 1.54) is 19.2 Å². The van der Waals surface area contributed by atoms with Crippen LogP contribution < -0.4 is 10.5 Å². The lowest BCUT2D eigenvalue weighted by Crippen LogP contribution is -2.08. The van der Waals surface area contributed by atoms with Gasteiger partial charge in [0.2, 0.25) is 0 Å². The minimum atomic E-state index is -0.734. The predicted molar refractivity (Wildman–Crippen MR) is 59.3 cm³/mol. The maximum Gasteiger partial charge on any atom is 0.141 e. The summed E-state index contributed by atoms with van der Waals surface area (Å²) in [7, 11) is 1.43. The third kappa shape index (κ3) is 2.90. The van der Waals surface area contributed by atoms with E-state index >= 15 is 0 Å². The average Bonchev–Trinajstić information content (AvgIpc) is 2.21. The van der Waals surface area contributed by atoms with Crippen molar-refractivity contribution in [2.75, 3.05) is 13.7 Å². The SMILES string of the molecule is COc1cc(F)c(Br)cc1C(O)CCN. The van der Waals surface area contributed by atoms with Crippen LogP contribution >= 0.6 is 15.9 Å². The van der Waals surface area contributed by atoms with E-state index in [1.807, 2.05) is 0 Å². The molecular weight excluding hydrogens is 265 g/mol. The number of hydrogen-bond acceptors (Lipinski definition) is 3. The Bertz CT molecular complexity index is 346. The molecule has 0 aliphatic heterocycles. The Balaban J connectivity index is 3.09. The van der Waals surface area contributed by atoms with E-state index in [1.54, 1.807) is 0 Å². The molecule has 0 saturated carbocycles. The van der Waals surface area contributed by atoms with Crippen LogP contribution in [0.4, 0.5) is 4.39 Å². The van der Waals surface area contributed by atoms with Crippen molar-refractivity contribution in [2.24, 2.45) is 5.73 Å². The van der Waals surface area contributed by atoms with Gasteiger partial charge in [-0.2, -0.15) is 0 Å². The van der Waals surface area contributed by atoms with Crippen molar-refractivity contribution in [1.29, 1.82) is 0 Å². The Morgan fingerprint density at radius 2 is 2.27 bits per heavy atom. The summed E-state index contributed by atoms with van der Waals surface area (Å²) >= 11 is 3.06. The maximum atomic E-state index is 13.2. The first kappa shape index (κ1) is 12.4. The molecule has 0 saturated heterocycles. The highest BCUT2D eigenvalue weighted by Crippen LogP contribution is 2.31. The minimum absolute atomic E-state index is 0.300. The summed E-state index contributed by atoms with van der Waals surface area (Å²) in [6.07, 6.45) is -0.323. The van der Waals surface area contributed by atoms with Crippen LogP contribution in [-0.2, 0) is 0 Å². The van der Waals surface area contributed by atoms with Gasteiger partial charge in [0.15, 0.2) is 0 Å². The highest BCUT2D eigenvalue weighted by molar-refractivity contribution is 9.10. The summed E-state index contributed by atoms with van der Waals surface area (Å²) in [6.45, 7) is 0.360. The molecule has 1 atom stereocenters. The van der Waals surface area contributed by atoms with E-state index in [-0.39, 0.29) is 0 Å². The lowest BCUT2D eigenvalue weighted by Gasteiger charge is -2.14. The first-order valence-electron chi connectivity index (χ1n) is 4.51. The second kappa shape index (κ2) is 5.44. The molecule has 3 nitrogen and oxygen atoms in total. The molecule has 3 N–H and O–H groups in total. The molecule has 0 aliphatic rings. The Labute approximate surface area is 96.2 Å². The smallest absolute Gasteiger partial charge is 0.141 e. The fourth-order valence-corrected chi connectivity index (χ4v) is 1.66. The van der Waals surface area contributed by atoms with Gasteiger partial charge in [-0.05, 0) is 35.0 Å². The van der Waals surface area contributed by atoms with Crippen LogP contribution in [-0.4, -0.2) is 18.8 Å². The van der Waals surface area contributed by atoms with Gasteiger partial charge in [0.1, 0.15) is 11.6 Å². The van der Waals surface area contributed by atoms with Crippen molar-refractivity contribution in [3.63, 3.8) is 0 Å². The zero-order valence-electron chi connectivity index (χ0n) is 8.34. The van der Waals surface area contributed by atoms with Crippen LogP contribution in [0.3, 0.4) is 0 Å². The minimum Gasteiger partial charge on any atom is -0.496 e. The van der Waals surface area contributed by atoms with Crippen molar-refractivity contribution in [3.05, 3.63) is 28.0 Å². The third-order valence-corrected chi connectivity index (χ3v) is 2.68. The van der Waals surface area contributed by atoms with E-state index in [2.05, 4.69) is 15.9 Å². The van der Waals surface area contributed by atoms with Crippen molar-refractivity contribution in [1.82, 2.24) is 0 Å². The number of methoxy groups -OCH3 is 1. The van der Waals surface area contributed by atoms with Gasteiger partial charge in [-0.15, -0.1) is 0 Å². The van der Waals surface area contributed by atoms with Gasteiger partial charge < -0.3 is 15.6 Å². The second-order valence-corrected chi connectivity index (χ2v) is 3.96. The number of nitrogens with two attached hydrogens (primary N) is 1. The average molecular weight is 278 g/mol. The lowest BCUT2D eigenvalue weighted by atomic mass is 10.1. The number of rotatable bonds is 4. The van der Waals surface area contributed by atoms with Crippen LogP contribution in [0, 0.1) is 5.82 Å². The standard InChI is InChI=1S/C10H13BrFNO2/c1-15-10-5-8(12)7(11)4-6(10)9(14)2-3-13/h4-5,9,14H,2-3,13H2,1H3. The molecule has 0 heterocycles. The number of ether oxygens (including phenoxy) is 1.